The third-order valence-corrected chi connectivity index (χ3v) is 5.68. The lowest BCUT2D eigenvalue weighted by molar-refractivity contribution is 0.168. The zero-order valence-corrected chi connectivity index (χ0v) is 7.65. The predicted octanol–water partition coefficient (Wildman–Crippen LogP) is 1.77. The van der Waals surface area contributed by atoms with E-state index < -0.39 is 0 Å². The Kier molecular flexibility index (Phi) is 0.698. The van der Waals surface area contributed by atoms with Gasteiger partial charge in [-0.25, -0.2) is 0 Å². The van der Waals surface area contributed by atoms with Crippen molar-refractivity contribution in [2.24, 2.45) is 28.4 Å². The molecule has 4 aliphatic carbocycles. The number of hydrogen-bond donors (Lipinski definition) is 1. The molecule has 0 spiro atoms. The predicted molar refractivity (Wildman–Crippen MR) is 45.0 cm³/mol. The molecule has 1 nitrogen and oxygen atoms in total. The zero-order chi connectivity index (χ0) is 8.07. The van der Waals surface area contributed by atoms with Gasteiger partial charge in [-0.15, -0.1) is 0 Å². The van der Waals surface area contributed by atoms with Gasteiger partial charge in [0.15, 0.2) is 0 Å². The van der Waals surface area contributed by atoms with Crippen molar-refractivity contribution in [1.82, 2.24) is 0 Å². The Bertz CT molecular complexity index is 223. The Morgan fingerprint density at radius 3 is 1.64 bits per heavy atom. The Balaban J connectivity index is 2.20. The third kappa shape index (κ3) is 0.358. The molecule has 0 heterocycles. The van der Waals surface area contributed by atoms with Crippen LogP contribution >= 0.6 is 0 Å². The highest BCUT2D eigenvalue weighted by Gasteiger charge is 2.84. The van der Waals surface area contributed by atoms with Gasteiger partial charge >= 0.3 is 0 Å². The molecule has 0 saturated heterocycles. The van der Waals surface area contributed by atoms with Crippen LogP contribution in [0.25, 0.3) is 0 Å². The molecule has 2 atom stereocenters. The van der Waals surface area contributed by atoms with E-state index in [4.69, 9.17) is 5.73 Å². The first-order valence-electron chi connectivity index (χ1n) is 4.72. The van der Waals surface area contributed by atoms with E-state index in [1.165, 1.54) is 12.8 Å². The average Bonchev–Trinajstić information content (AvgIpc) is 2.20. The minimum atomic E-state index is 0.205. The van der Waals surface area contributed by atoms with Crippen LogP contribution in [0.3, 0.4) is 0 Å². The van der Waals surface area contributed by atoms with Crippen LogP contribution in [0.1, 0.15) is 33.6 Å². The van der Waals surface area contributed by atoms with Crippen LogP contribution in [0.5, 0.6) is 0 Å². The van der Waals surface area contributed by atoms with E-state index in [9.17, 15) is 0 Å². The lowest BCUT2D eigenvalue weighted by Gasteiger charge is -2.37. The van der Waals surface area contributed by atoms with E-state index in [2.05, 4.69) is 20.8 Å². The van der Waals surface area contributed by atoms with Crippen molar-refractivity contribution in [1.29, 1.82) is 0 Å². The van der Waals surface area contributed by atoms with Gasteiger partial charge in [0, 0.05) is 5.54 Å². The van der Waals surface area contributed by atoms with E-state index in [0.717, 1.165) is 11.8 Å². The van der Waals surface area contributed by atoms with Crippen LogP contribution in [0, 0.1) is 22.7 Å². The van der Waals surface area contributed by atoms with Crippen molar-refractivity contribution in [3.05, 3.63) is 0 Å². The highest BCUT2D eigenvalue weighted by atomic mass is 15.0. The first kappa shape index (κ1) is 6.47. The molecule has 0 aromatic rings. The average molecular weight is 151 g/mol. The summed E-state index contributed by atoms with van der Waals surface area (Å²) in [5, 5.41) is 0. The molecule has 11 heavy (non-hydrogen) atoms. The quantitative estimate of drug-likeness (QED) is 0.561. The van der Waals surface area contributed by atoms with Crippen molar-refractivity contribution in [3.8, 4) is 0 Å². The van der Waals surface area contributed by atoms with Crippen molar-refractivity contribution in [2.75, 3.05) is 0 Å². The van der Waals surface area contributed by atoms with E-state index in [0.29, 0.717) is 10.8 Å². The van der Waals surface area contributed by atoms with E-state index in [1.807, 2.05) is 0 Å². The highest BCUT2D eigenvalue weighted by Crippen LogP contribution is 2.86. The normalized spacial score (nSPS) is 68.7. The van der Waals surface area contributed by atoms with Gasteiger partial charge in [0.05, 0.1) is 0 Å². The standard InChI is InChI=1S/C10H17N/c1-8(2)9(3)6-4-10(8,11)5-7(6)9/h6-7H,4-5,11H2,1-3H3. The fourth-order valence-electron chi connectivity index (χ4n) is 4.25. The Morgan fingerprint density at radius 2 is 1.55 bits per heavy atom. The molecule has 0 aliphatic heterocycles. The molecular formula is C10H17N. The Morgan fingerprint density at radius 1 is 1.09 bits per heavy atom. The van der Waals surface area contributed by atoms with Crippen LogP contribution < -0.4 is 5.73 Å². The van der Waals surface area contributed by atoms with Gasteiger partial charge in [0.25, 0.3) is 0 Å². The van der Waals surface area contributed by atoms with Gasteiger partial charge in [-0.05, 0) is 35.5 Å². The van der Waals surface area contributed by atoms with E-state index in [-0.39, 0.29) is 5.54 Å². The summed E-state index contributed by atoms with van der Waals surface area (Å²) < 4.78 is 0. The van der Waals surface area contributed by atoms with E-state index >= 15 is 0 Å². The fourth-order valence-corrected chi connectivity index (χ4v) is 4.25. The summed E-state index contributed by atoms with van der Waals surface area (Å²) >= 11 is 0. The first-order valence-corrected chi connectivity index (χ1v) is 4.72. The maximum absolute atomic E-state index is 6.38. The van der Waals surface area contributed by atoms with Crippen molar-refractivity contribution < 1.29 is 0 Å². The van der Waals surface area contributed by atoms with E-state index in [1.54, 1.807) is 0 Å². The summed E-state index contributed by atoms with van der Waals surface area (Å²) in [6.07, 6.45) is 2.61. The summed E-state index contributed by atoms with van der Waals surface area (Å²) in [5.74, 6) is 1.98. The van der Waals surface area contributed by atoms with Crippen LogP contribution in [0.2, 0.25) is 0 Å². The van der Waals surface area contributed by atoms with Gasteiger partial charge in [-0.3, -0.25) is 0 Å². The molecular weight excluding hydrogens is 134 g/mol. The molecule has 0 radical (unpaired) electrons. The fraction of sp³-hybridized carbons (Fsp3) is 1.00. The van der Waals surface area contributed by atoms with Gasteiger partial charge in [-0.2, -0.15) is 0 Å². The monoisotopic (exact) mass is 151 g/mol. The molecule has 1 heteroatoms. The van der Waals surface area contributed by atoms with Gasteiger partial charge < -0.3 is 5.73 Å². The van der Waals surface area contributed by atoms with Gasteiger partial charge in [-0.1, -0.05) is 20.8 Å². The minimum Gasteiger partial charge on any atom is -0.325 e. The zero-order valence-electron chi connectivity index (χ0n) is 7.65. The molecule has 4 fully saturated rings. The Hall–Kier alpha value is -0.0400. The number of hydrogen-bond acceptors (Lipinski definition) is 1. The molecule has 2 N–H and O–H groups in total. The second kappa shape index (κ2) is 1.19. The maximum Gasteiger partial charge on any atom is 0.0217 e. The summed E-state index contributed by atoms with van der Waals surface area (Å²) in [6, 6.07) is 0. The molecule has 4 saturated carbocycles. The summed E-state index contributed by atoms with van der Waals surface area (Å²) in [6.45, 7) is 7.20. The second-order valence-electron chi connectivity index (χ2n) is 5.69. The third-order valence-electron chi connectivity index (χ3n) is 5.68. The SMILES string of the molecule is CC12C3CC(N)(CC31)C2(C)C. The van der Waals surface area contributed by atoms with Gasteiger partial charge in [0.2, 0.25) is 0 Å². The van der Waals surface area contributed by atoms with Crippen molar-refractivity contribution in [2.45, 2.75) is 39.2 Å². The summed E-state index contributed by atoms with van der Waals surface area (Å²) in [5.41, 5.74) is 7.63. The summed E-state index contributed by atoms with van der Waals surface area (Å²) in [7, 11) is 0. The number of rotatable bonds is 0. The summed E-state index contributed by atoms with van der Waals surface area (Å²) in [4.78, 5) is 0. The largest absolute Gasteiger partial charge is 0.325 e. The van der Waals surface area contributed by atoms with Gasteiger partial charge in [0.1, 0.15) is 0 Å². The lowest BCUT2D eigenvalue weighted by Crippen LogP contribution is -2.47. The lowest BCUT2D eigenvalue weighted by atomic mass is 9.72. The first-order chi connectivity index (χ1) is 4.93. The smallest absolute Gasteiger partial charge is 0.0217 e. The Labute approximate surface area is 68.3 Å². The molecule has 0 amide bonds. The topological polar surface area (TPSA) is 26.0 Å². The van der Waals surface area contributed by atoms with Crippen molar-refractivity contribution >= 4 is 0 Å². The second-order valence-corrected chi connectivity index (χ2v) is 5.69. The van der Waals surface area contributed by atoms with Crippen LogP contribution in [0.4, 0.5) is 0 Å². The van der Waals surface area contributed by atoms with Crippen LogP contribution in [-0.2, 0) is 0 Å². The van der Waals surface area contributed by atoms with Crippen molar-refractivity contribution in [3.63, 3.8) is 0 Å². The molecule has 62 valence electrons. The molecule has 4 rings (SSSR count). The molecule has 4 aliphatic rings. The molecule has 0 aromatic carbocycles. The highest BCUT2D eigenvalue weighted by molar-refractivity contribution is 5.35. The number of nitrogens with two attached hydrogens (primary N) is 1. The molecule has 2 unspecified atom stereocenters. The molecule has 4 bridgehead atoms. The van der Waals surface area contributed by atoms with Crippen LogP contribution in [-0.4, -0.2) is 5.54 Å². The molecule has 0 aromatic heterocycles. The minimum absolute atomic E-state index is 0.205. The maximum atomic E-state index is 6.38. The van der Waals surface area contributed by atoms with Crippen LogP contribution in [0.15, 0.2) is 0 Å².